The molecule has 0 N–H and O–H groups in total. The van der Waals surface area contributed by atoms with Gasteiger partial charge in [0.05, 0.1) is 5.69 Å². The Labute approximate surface area is 150 Å². The van der Waals surface area contributed by atoms with Crippen molar-refractivity contribution in [3.8, 4) is 11.3 Å². The smallest absolute Gasteiger partial charge is 0.132 e. The van der Waals surface area contributed by atoms with Gasteiger partial charge in [0, 0.05) is 43.5 Å². The van der Waals surface area contributed by atoms with Gasteiger partial charge in [-0.2, -0.15) is 0 Å². The molecule has 0 amide bonds. The molecule has 0 unspecified atom stereocenters. The fourth-order valence-electron chi connectivity index (χ4n) is 3.18. The van der Waals surface area contributed by atoms with E-state index in [1.165, 1.54) is 24.5 Å². The van der Waals surface area contributed by atoms with Crippen molar-refractivity contribution in [2.24, 2.45) is 0 Å². The maximum atomic E-state index is 14.0. The Morgan fingerprint density at radius 1 is 0.769 bits per heavy atom. The van der Waals surface area contributed by atoms with E-state index in [-0.39, 0.29) is 11.6 Å². The monoisotopic (exact) mass is 352 g/mol. The Kier molecular flexibility index (Phi) is 4.48. The van der Waals surface area contributed by atoms with Gasteiger partial charge in [0.25, 0.3) is 0 Å². The van der Waals surface area contributed by atoms with E-state index < -0.39 is 0 Å². The second-order valence-corrected chi connectivity index (χ2v) is 6.19. The molecule has 1 fully saturated rings. The standard InChI is InChI=1S/C20H18F2N4/c21-15-5-7-16(8-6-15)25-9-11-26(12-10-25)20-13-19(23-14-24-20)17-3-1-2-4-18(17)22/h1-8,13-14H,9-12H2. The number of anilines is 2. The molecule has 2 heterocycles. The van der Waals surface area contributed by atoms with Crippen molar-refractivity contribution >= 4 is 11.5 Å². The molecule has 2 aromatic carbocycles. The fraction of sp³-hybridized carbons (Fsp3) is 0.200. The summed E-state index contributed by atoms with van der Waals surface area (Å²) in [7, 11) is 0. The van der Waals surface area contributed by atoms with Crippen molar-refractivity contribution in [2.75, 3.05) is 36.0 Å². The number of aromatic nitrogens is 2. The highest BCUT2D eigenvalue weighted by molar-refractivity contribution is 5.63. The summed E-state index contributed by atoms with van der Waals surface area (Å²) in [5, 5.41) is 0. The van der Waals surface area contributed by atoms with Crippen molar-refractivity contribution in [1.29, 1.82) is 0 Å². The van der Waals surface area contributed by atoms with Gasteiger partial charge in [-0.1, -0.05) is 12.1 Å². The first-order valence-corrected chi connectivity index (χ1v) is 8.53. The van der Waals surface area contributed by atoms with Crippen molar-refractivity contribution in [1.82, 2.24) is 9.97 Å². The normalized spacial score (nSPS) is 14.5. The first-order valence-electron chi connectivity index (χ1n) is 8.53. The van der Waals surface area contributed by atoms with E-state index in [1.54, 1.807) is 30.3 Å². The molecule has 4 nitrogen and oxygen atoms in total. The summed E-state index contributed by atoms with van der Waals surface area (Å²) in [4.78, 5) is 12.9. The van der Waals surface area contributed by atoms with Crippen LogP contribution in [0.4, 0.5) is 20.3 Å². The molecular formula is C20H18F2N4. The van der Waals surface area contributed by atoms with Crippen LogP contribution in [0.3, 0.4) is 0 Å². The topological polar surface area (TPSA) is 32.3 Å². The highest BCUT2D eigenvalue weighted by Gasteiger charge is 2.19. The van der Waals surface area contributed by atoms with Crippen LogP contribution in [0.1, 0.15) is 0 Å². The van der Waals surface area contributed by atoms with E-state index in [0.29, 0.717) is 11.3 Å². The van der Waals surface area contributed by atoms with Crippen LogP contribution in [-0.2, 0) is 0 Å². The van der Waals surface area contributed by atoms with Gasteiger partial charge in [-0.3, -0.25) is 0 Å². The SMILES string of the molecule is Fc1ccc(N2CCN(c3cc(-c4ccccc4F)ncn3)CC2)cc1. The average Bonchev–Trinajstić information content (AvgIpc) is 2.69. The lowest BCUT2D eigenvalue weighted by molar-refractivity contribution is 0.624. The molecule has 4 rings (SSSR count). The van der Waals surface area contributed by atoms with E-state index in [1.807, 2.05) is 6.07 Å². The van der Waals surface area contributed by atoms with Crippen LogP contribution in [0.25, 0.3) is 11.3 Å². The van der Waals surface area contributed by atoms with Crippen LogP contribution >= 0.6 is 0 Å². The summed E-state index contributed by atoms with van der Waals surface area (Å²) in [5.41, 5.74) is 2.07. The fourth-order valence-corrected chi connectivity index (χ4v) is 3.18. The van der Waals surface area contributed by atoms with E-state index >= 15 is 0 Å². The minimum atomic E-state index is -0.293. The van der Waals surface area contributed by atoms with Crippen LogP contribution in [-0.4, -0.2) is 36.1 Å². The zero-order chi connectivity index (χ0) is 17.9. The lowest BCUT2D eigenvalue weighted by Gasteiger charge is -2.36. The highest BCUT2D eigenvalue weighted by atomic mass is 19.1. The molecule has 1 aliphatic rings. The van der Waals surface area contributed by atoms with Gasteiger partial charge in [-0.25, -0.2) is 18.7 Å². The second-order valence-electron chi connectivity index (χ2n) is 6.19. The molecule has 132 valence electrons. The second kappa shape index (κ2) is 7.07. The number of halogens is 2. The largest absolute Gasteiger partial charge is 0.368 e. The summed E-state index contributed by atoms with van der Waals surface area (Å²) >= 11 is 0. The molecule has 1 aliphatic heterocycles. The van der Waals surface area contributed by atoms with Gasteiger partial charge >= 0.3 is 0 Å². The zero-order valence-corrected chi connectivity index (χ0v) is 14.1. The first-order chi connectivity index (χ1) is 12.7. The Hall–Kier alpha value is -3.02. The molecule has 0 spiro atoms. The third-order valence-corrected chi connectivity index (χ3v) is 4.60. The predicted octanol–water partition coefficient (Wildman–Crippen LogP) is 3.75. The number of nitrogens with zero attached hydrogens (tertiary/aromatic N) is 4. The van der Waals surface area contributed by atoms with E-state index in [4.69, 9.17) is 0 Å². The van der Waals surface area contributed by atoms with E-state index in [9.17, 15) is 8.78 Å². The minimum Gasteiger partial charge on any atom is -0.368 e. The number of hydrogen-bond acceptors (Lipinski definition) is 4. The van der Waals surface area contributed by atoms with Crippen LogP contribution in [0.15, 0.2) is 60.9 Å². The Morgan fingerprint density at radius 3 is 2.19 bits per heavy atom. The van der Waals surface area contributed by atoms with Gasteiger partial charge in [0.2, 0.25) is 0 Å². The molecule has 3 aromatic rings. The van der Waals surface area contributed by atoms with Gasteiger partial charge in [-0.05, 0) is 36.4 Å². The quantitative estimate of drug-likeness (QED) is 0.719. The molecule has 0 bridgehead atoms. The number of piperazine rings is 1. The predicted molar refractivity (Wildman–Crippen MR) is 98.3 cm³/mol. The van der Waals surface area contributed by atoms with Crippen molar-refractivity contribution in [2.45, 2.75) is 0 Å². The van der Waals surface area contributed by atoms with Crippen LogP contribution in [0.5, 0.6) is 0 Å². The molecule has 26 heavy (non-hydrogen) atoms. The summed E-state index contributed by atoms with van der Waals surface area (Å²) in [5.74, 6) is 0.268. The molecule has 0 radical (unpaired) electrons. The third-order valence-electron chi connectivity index (χ3n) is 4.60. The Bertz CT molecular complexity index is 890. The van der Waals surface area contributed by atoms with Crippen molar-refractivity contribution in [3.05, 3.63) is 72.6 Å². The van der Waals surface area contributed by atoms with Gasteiger partial charge in [0.15, 0.2) is 0 Å². The van der Waals surface area contributed by atoms with Crippen LogP contribution in [0, 0.1) is 11.6 Å². The molecule has 1 aromatic heterocycles. The summed E-state index contributed by atoms with van der Waals surface area (Å²) in [6.45, 7) is 3.19. The first kappa shape index (κ1) is 16.4. The van der Waals surface area contributed by atoms with Crippen molar-refractivity contribution < 1.29 is 8.78 Å². The molecule has 6 heteroatoms. The summed E-state index contributed by atoms with van der Waals surface area (Å²) in [6.07, 6.45) is 1.48. The summed E-state index contributed by atoms with van der Waals surface area (Å²) in [6, 6.07) is 15.0. The molecule has 0 atom stereocenters. The van der Waals surface area contributed by atoms with Gasteiger partial charge < -0.3 is 9.80 Å². The molecular weight excluding hydrogens is 334 g/mol. The van der Waals surface area contributed by atoms with Gasteiger partial charge in [0.1, 0.15) is 23.8 Å². The van der Waals surface area contributed by atoms with Crippen LogP contribution in [0.2, 0.25) is 0 Å². The number of benzene rings is 2. The van der Waals surface area contributed by atoms with Gasteiger partial charge in [-0.15, -0.1) is 0 Å². The van der Waals surface area contributed by atoms with Crippen molar-refractivity contribution in [3.63, 3.8) is 0 Å². The average molecular weight is 352 g/mol. The van der Waals surface area contributed by atoms with E-state index in [0.717, 1.165) is 37.7 Å². The highest BCUT2D eigenvalue weighted by Crippen LogP contribution is 2.24. The zero-order valence-electron chi connectivity index (χ0n) is 14.1. The number of hydrogen-bond donors (Lipinski definition) is 0. The Balaban J connectivity index is 1.49. The molecule has 0 aliphatic carbocycles. The summed E-state index contributed by atoms with van der Waals surface area (Å²) < 4.78 is 27.1. The molecule has 0 saturated carbocycles. The Morgan fingerprint density at radius 2 is 1.46 bits per heavy atom. The minimum absolute atomic E-state index is 0.228. The molecule has 1 saturated heterocycles. The third kappa shape index (κ3) is 3.35. The lowest BCUT2D eigenvalue weighted by atomic mass is 10.1. The maximum absolute atomic E-state index is 14.0. The maximum Gasteiger partial charge on any atom is 0.132 e. The lowest BCUT2D eigenvalue weighted by Crippen LogP contribution is -2.46. The number of rotatable bonds is 3. The van der Waals surface area contributed by atoms with Crippen LogP contribution < -0.4 is 9.80 Å². The van der Waals surface area contributed by atoms with E-state index in [2.05, 4.69) is 19.8 Å².